The van der Waals surface area contributed by atoms with Crippen LogP contribution < -0.4 is 9.64 Å². The molecule has 0 saturated carbocycles. The summed E-state index contributed by atoms with van der Waals surface area (Å²) in [6.07, 6.45) is 0. The quantitative estimate of drug-likeness (QED) is 0.496. The van der Waals surface area contributed by atoms with Gasteiger partial charge in [0.2, 0.25) is 0 Å². The lowest BCUT2D eigenvalue weighted by Gasteiger charge is -2.36. The van der Waals surface area contributed by atoms with Crippen LogP contribution in [0.2, 0.25) is 0 Å². The van der Waals surface area contributed by atoms with Crippen molar-refractivity contribution in [3.05, 3.63) is 61.6 Å². The number of amides is 1. The Kier molecular flexibility index (Phi) is 6.42. The van der Waals surface area contributed by atoms with E-state index in [4.69, 9.17) is 4.74 Å². The van der Waals surface area contributed by atoms with Crippen molar-refractivity contribution in [2.45, 2.75) is 20.8 Å². The normalized spacial score (nSPS) is 14.1. The average molecular weight is 462 g/mol. The molecule has 0 spiro atoms. The van der Waals surface area contributed by atoms with E-state index >= 15 is 0 Å². The van der Waals surface area contributed by atoms with Gasteiger partial charge >= 0.3 is 0 Å². The van der Waals surface area contributed by atoms with Crippen LogP contribution >= 0.6 is 15.9 Å². The first-order valence-corrected chi connectivity index (χ1v) is 10.2. The van der Waals surface area contributed by atoms with Crippen LogP contribution in [0, 0.1) is 30.9 Å². The molecule has 1 fully saturated rings. The van der Waals surface area contributed by atoms with Crippen molar-refractivity contribution in [3.63, 3.8) is 0 Å². The van der Waals surface area contributed by atoms with Gasteiger partial charge in [-0.1, -0.05) is 15.9 Å². The third kappa shape index (κ3) is 4.70. The number of piperazine rings is 1. The van der Waals surface area contributed by atoms with Gasteiger partial charge in [0, 0.05) is 48.5 Å². The Labute approximate surface area is 178 Å². The fourth-order valence-electron chi connectivity index (χ4n) is 3.39. The topological polar surface area (TPSA) is 75.9 Å². The molecule has 2 aromatic rings. The Balaban J connectivity index is 1.55. The standard InChI is InChI=1S/C21H24BrN3O4/c1-14-12-19(15(2)16(3)21(14)22)29-13-20(26)24-10-8-23(9-11-24)17-4-6-18(7-5-17)25(27)28/h4-7,12H,8-11,13H2,1-3H3. The molecule has 1 aliphatic heterocycles. The van der Waals surface area contributed by atoms with Crippen LogP contribution in [0.15, 0.2) is 34.8 Å². The number of benzene rings is 2. The second-order valence-electron chi connectivity index (χ2n) is 7.19. The van der Waals surface area contributed by atoms with E-state index in [0.717, 1.165) is 32.6 Å². The second kappa shape index (κ2) is 8.82. The number of halogens is 1. The molecular formula is C21H24BrN3O4. The molecule has 1 aliphatic rings. The van der Waals surface area contributed by atoms with Crippen LogP contribution in [0.3, 0.4) is 0 Å². The fraction of sp³-hybridized carbons (Fsp3) is 0.381. The molecule has 0 unspecified atom stereocenters. The number of carbonyl (C=O) groups excluding carboxylic acids is 1. The van der Waals surface area contributed by atoms with E-state index in [0.29, 0.717) is 26.2 Å². The Morgan fingerprint density at radius 2 is 1.72 bits per heavy atom. The van der Waals surface area contributed by atoms with Gasteiger partial charge in [-0.25, -0.2) is 0 Å². The van der Waals surface area contributed by atoms with E-state index in [-0.39, 0.29) is 18.2 Å². The number of hydrogen-bond acceptors (Lipinski definition) is 5. The number of nitro benzene ring substituents is 1. The Hall–Kier alpha value is -2.61. The maximum atomic E-state index is 12.6. The molecule has 7 nitrogen and oxygen atoms in total. The van der Waals surface area contributed by atoms with Crippen molar-refractivity contribution in [1.29, 1.82) is 0 Å². The number of nitrogens with zero attached hydrogens (tertiary/aromatic N) is 3. The molecule has 3 rings (SSSR count). The predicted octanol–water partition coefficient (Wildman–Crippen LogP) is 4.01. The van der Waals surface area contributed by atoms with Gasteiger partial charge in [-0.15, -0.1) is 0 Å². The van der Waals surface area contributed by atoms with Crippen molar-refractivity contribution in [1.82, 2.24) is 4.90 Å². The number of carbonyl (C=O) groups is 1. The minimum atomic E-state index is -0.406. The Bertz CT molecular complexity index is 923. The average Bonchev–Trinajstić information content (AvgIpc) is 2.73. The second-order valence-corrected chi connectivity index (χ2v) is 7.98. The van der Waals surface area contributed by atoms with Crippen molar-refractivity contribution >= 4 is 33.2 Å². The fourth-order valence-corrected chi connectivity index (χ4v) is 3.81. The molecule has 0 radical (unpaired) electrons. The zero-order valence-electron chi connectivity index (χ0n) is 16.8. The minimum Gasteiger partial charge on any atom is -0.483 e. The highest BCUT2D eigenvalue weighted by atomic mass is 79.9. The van der Waals surface area contributed by atoms with Crippen LogP contribution in [0.25, 0.3) is 0 Å². The third-order valence-electron chi connectivity index (χ3n) is 5.36. The van der Waals surface area contributed by atoms with Gasteiger partial charge in [0.1, 0.15) is 5.75 Å². The maximum Gasteiger partial charge on any atom is 0.269 e. The van der Waals surface area contributed by atoms with E-state index in [2.05, 4.69) is 20.8 Å². The van der Waals surface area contributed by atoms with E-state index in [1.54, 1.807) is 17.0 Å². The first-order chi connectivity index (χ1) is 13.8. The summed E-state index contributed by atoms with van der Waals surface area (Å²) in [4.78, 5) is 26.9. The highest BCUT2D eigenvalue weighted by Gasteiger charge is 2.22. The van der Waals surface area contributed by atoms with Crippen molar-refractivity contribution in [2.24, 2.45) is 0 Å². The number of nitro groups is 1. The molecule has 0 aromatic heterocycles. The summed E-state index contributed by atoms with van der Waals surface area (Å²) in [5, 5.41) is 10.8. The zero-order chi connectivity index (χ0) is 21.1. The third-order valence-corrected chi connectivity index (χ3v) is 6.58. The number of rotatable bonds is 5. The summed E-state index contributed by atoms with van der Waals surface area (Å²) >= 11 is 3.57. The molecule has 154 valence electrons. The lowest BCUT2D eigenvalue weighted by atomic mass is 10.1. The molecule has 8 heteroatoms. The number of anilines is 1. The molecule has 1 amide bonds. The van der Waals surface area contributed by atoms with Gasteiger partial charge < -0.3 is 14.5 Å². The summed E-state index contributed by atoms with van der Waals surface area (Å²) < 4.78 is 6.89. The molecular weight excluding hydrogens is 438 g/mol. The minimum absolute atomic E-state index is 0.0128. The van der Waals surface area contributed by atoms with Gasteiger partial charge in [-0.3, -0.25) is 14.9 Å². The summed E-state index contributed by atoms with van der Waals surface area (Å²) in [6, 6.07) is 8.46. The number of ether oxygens (including phenoxy) is 1. The molecule has 0 aliphatic carbocycles. The van der Waals surface area contributed by atoms with E-state index in [1.807, 2.05) is 26.8 Å². The smallest absolute Gasteiger partial charge is 0.269 e. The molecule has 29 heavy (non-hydrogen) atoms. The number of aryl methyl sites for hydroxylation is 1. The first kappa shape index (κ1) is 21.1. The van der Waals surface area contributed by atoms with Gasteiger partial charge in [-0.2, -0.15) is 0 Å². The maximum absolute atomic E-state index is 12.6. The molecule has 2 aromatic carbocycles. The van der Waals surface area contributed by atoms with Crippen LogP contribution in [0.4, 0.5) is 11.4 Å². The van der Waals surface area contributed by atoms with Crippen molar-refractivity contribution in [2.75, 3.05) is 37.7 Å². The lowest BCUT2D eigenvalue weighted by Crippen LogP contribution is -2.50. The monoisotopic (exact) mass is 461 g/mol. The summed E-state index contributed by atoms with van der Waals surface area (Å²) in [6.45, 7) is 8.58. The lowest BCUT2D eigenvalue weighted by molar-refractivity contribution is -0.384. The number of hydrogen-bond donors (Lipinski definition) is 0. The Morgan fingerprint density at radius 1 is 1.10 bits per heavy atom. The van der Waals surface area contributed by atoms with E-state index in [9.17, 15) is 14.9 Å². The van der Waals surface area contributed by atoms with Crippen LogP contribution in [0.1, 0.15) is 16.7 Å². The van der Waals surface area contributed by atoms with Crippen LogP contribution in [-0.4, -0.2) is 48.5 Å². The molecule has 1 heterocycles. The van der Waals surface area contributed by atoms with Crippen LogP contribution in [-0.2, 0) is 4.79 Å². The first-order valence-electron chi connectivity index (χ1n) is 9.44. The summed E-state index contributed by atoms with van der Waals surface area (Å²) in [5.41, 5.74) is 4.22. The van der Waals surface area contributed by atoms with Crippen molar-refractivity contribution < 1.29 is 14.5 Å². The largest absolute Gasteiger partial charge is 0.483 e. The highest BCUT2D eigenvalue weighted by Crippen LogP contribution is 2.31. The van der Waals surface area contributed by atoms with Gasteiger partial charge in [0.25, 0.3) is 11.6 Å². The summed E-state index contributed by atoms with van der Waals surface area (Å²) in [5.74, 6) is 0.701. The van der Waals surface area contributed by atoms with Gasteiger partial charge in [0.05, 0.1) is 4.92 Å². The number of non-ortho nitro benzene ring substituents is 1. The summed E-state index contributed by atoms with van der Waals surface area (Å²) in [7, 11) is 0. The zero-order valence-corrected chi connectivity index (χ0v) is 18.4. The molecule has 0 atom stereocenters. The van der Waals surface area contributed by atoms with Crippen molar-refractivity contribution in [3.8, 4) is 5.75 Å². The van der Waals surface area contributed by atoms with E-state index in [1.165, 1.54) is 12.1 Å². The molecule has 1 saturated heterocycles. The highest BCUT2D eigenvalue weighted by molar-refractivity contribution is 9.10. The van der Waals surface area contributed by atoms with E-state index < -0.39 is 4.92 Å². The van der Waals surface area contributed by atoms with Gasteiger partial charge in [0.15, 0.2) is 6.61 Å². The molecule has 0 bridgehead atoms. The SMILES string of the molecule is Cc1cc(OCC(=O)N2CCN(c3ccc([N+](=O)[O-])cc3)CC2)c(C)c(C)c1Br. The Morgan fingerprint density at radius 3 is 2.31 bits per heavy atom. The molecule has 0 N–H and O–H groups in total. The van der Waals surface area contributed by atoms with Gasteiger partial charge in [-0.05, 0) is 55.7 Å². The van der Waals surface area contributed by atoms with Crippen LogP contribution in [0.5, 0.6) is 5.75 Å². The predicted molar refractivity (Wildman–Crippen MR) is 116 cm³/mol.